The normalized spacial score (nSPS) is 21.3. The minimum absolute atomic E-state index is 0.00926. The number of imide groups is 1. The number of fused-ring (bicyclic) bond motifs is 1. The second kappa shape index (κ2) is 12.8. The van der Waals surface area contributed by atoms with Crippen molar-refractivity contribution < 1.29 is 29.0 Å². The van der Waals surface area contributed by atoms with Crippen molar-refractivity contribution >= 4 is 40.9 Å². The molecule has 0 unspecified atom stereocenters. The maximum atomic E-state index is 13.0. The lowest BCUT2D eigenvalue weighted by atomic mass is 9.91. The Hall–Kier alpha value is -4.28. The summed E-state index contributed by atoms with van der Waals surface area (Å²) < 4.78 is 13.1. The third kappa shape index (κ3) is 6.05. The fraction of sp³-hybridized carbons (Fsp3) is 0.229. The second-order valence-corrected chi connectivity index (χ2v) is 12.0. The van der Waals surface area contributed by atoms with E-state index in [-0.39, 0.29) is 42.5 Å². The van der Waals surface area contributed by atoms with Crippen LogP contribution in [0.3, 0.4) is 0 Å². The Morgan fingerprint density at radius 3 is 2.05 bits per heavy atom. The molecule has 6 rings (SSSR count). The highest BCUT2D eigenvalue weighted by atomic mass is 32.2. The smallest absolute Gasteiger partial charge is 0.266 e. The molecule has 0 bridgehead atoms. The summed E-state index contributed by atoms with van der Waals surface area (Å²) in [5.74, 6) is -0.124. The molecule has 4 aromatic rings. The minimum atomic E-state index is -0.683. The van der Waals surface area contributed by atoms with E-state index in [0.717, 1.165) is 27.3 Å². The van der Waals surface area contributed by atoms with Crippen molar-refractivity contribution in [3.63, 3.8) is 0 Å². The van der Waals surface area contributed by atoms with Crippen LogP contribution >= 0.6 is 11.8 Å². The number of aliphatic hydroxyl groups excluding tert-OH is 1. The van der Waals surface area contributed by atoms with Gasteiger partial charge >= 0.3 is 0 Å². The molecule has 4 aromatic carbocycles. The maximum absolute atomic E-state index is 13.0. The average Bonchev–Trinajstić information content (AvgIpc) is 3.30. The van der Waals surface area contributed by atoms with Crippen molar-refractivity contribution in [1.82, 2.24) is 0 Å². The monoisotopic (exact) mass is 608 g/mol. The van der Waals surface area contributed by atoms with Crippen LogP contribution in [0.25, 0.3) is 0 Å². The number of carbonyl (C=O) groups excluding carboxylic acids is 3. The molecule has 9 heteroatoms. The topological polar surface area (TPSA) is 105 Å². The average molecular weight is 609 g/mol. The third-order valence-electron chi connectivity index (χ3n) is 7.93. The number of nitrogens with one attached hydrogen (secondary N) is 1. The lowest BCUT2D eigenvalue weighted by Gasteiger charge is -2.41. The molecule has 0 aromatic heterocycles. The summed E-state index contributed by atoms with van der Waals surface area (Å²) in [7, 11) is 0. The minimum Gasteiger partial charge on any atom is -0.392 e. The van der Waals surface area contributed by atoms with Crippen molar-refractivity contribution in [2.24, 2.45) is 5.92 Å². The molecule has 44 heavy (non-hydrogen) atoms. The van der Waals surface area contributed by atoms with E-state index in [1.807, 2.05) is 60.7 Å². The van der Waals surface area contributed by atoms with Crippen LogP contribution in [0.2, 0.25) is 0 Å². The third-order valence-corrected chi connectivity index (χ3v) is 9.03. The fourth-order valence-corrected chi connectivity index (χ4v) is 6.60. The summed E-state index contributed by atoms with van der Waals surface area (Å²) in [6.07, 6.45) is -1.13. The molecule has 0 radical (unpaired) electrons. The maximum Gasteiger partial charge on any atom is 0.266 e. The van der Waals surface area contributed by atoms with Gasteiger partial charge in [-0.2, -0.15) is 0 Å². The first-order valence-electron chi connectivity index (χ1n) is 14.4. The number of hydrogen-bond acceptors (Lipinski definition) is 7. The summed E-state index contributed by atoms with van der Waals surface area (Å²) in [5, 5.41) is 12.3. The lowest BCUT2D eigenvalue weighted by Crippen LogP contribution is -2.38. The van der Waals surface area contributed by atoms with E-state index in [9.17, 15) is 19.5 Å². The Morgan fingerprint density at radius 1 is 0.841 bits per heavy atom. The van der Waals surface area contributed by atoms with Crippen LogP contribution in [-0.2, 0) is 20.9 Å². The highest BCUT2D eigenvalue weighted by molar-refractivity contribution is 7.99. The number of ether oxygens (including phenoxy) is 2. The van der Waals surface area contributed by atoms with Crippen molar-refractivity contribution in [2.45, 2.75) is 43.8 Å². The fourth-order valence-electron chi connectivity index (χ4n) is 5.53. The van der Waals surface area contributed by atoms with Gasteiger partial charge in [-0.3, -0.25) is 14.4 Å². The number of carbonyl (C=O) groups is 3. The number of hydrogen-bond donors (Lipinski definition) is 2. The first kappa shape index (κ1) is 29.8. The number of aliphatic hydroxyl groups is 1. The molecule has 3 amide bonds. The van der Waals surface area contributed by atoms with Gasteiger partial charge in [0.2, 0.25) is 5.91 Å². The van der Waals surface area contributed by atoms with Crippen molar-refractivity contribution in [3.05, 3.63) is 125 Å². The van der Waals surface area contributed by atoms with Gasteiger partial charge in [-0.1, -0.05) is 55.5 Å². The van der Waals surface area contributed by atoms with Crippen LogP contribution in [0.1, 0.15) is 63.6 Å². The van der Waals surface area contributed by atoms with Gasteiger partial charge in [0.15, 0.2) is 6.29 Å². The molecule has 1 fully saturated rings. The van der Waals surface area contributed by atoms with Crippen LogP contribution < -0.4 is 10.2 Å². The van der Waals surface area contributed by atoms with Crippen LogP contribution in [0, 0.1) is 5.92 Å². The molecule has 2 heterocycles. The van der Waals surface area contributed by atoms with E-state index in [1.54, 1.807) is 48.2 Å². The Balaban J connectivity index is 1.23. The number of thioether (sulfide) groups is 1. The summed E-state index contributed by atoms with van der Waals surface area (Å²) in [5.41, 5.74) is 4.60. The van der Waals surface area contributed by atoms with E-state index in [1.165, 1.54) is 11.8 Å². The molecule has 2 aliphatic heterocycles. The Labute approximate surface area is 260 Å². The van der Waals surface area contributed by atoms with Crippen LogP contribution in [0.15, 0.2) is 102 Å². The molecular weight excluding hydrogens is 576 g/mol. The van der Waals surface area contributed by atoms with E-state index in [4.69, 9.17) is 9.47 Å². The molecular formula is C35H32N2O6S. The van der Waals surface area contributed by atoms with E-state index in [0.29, 0.717) is 22.6 Å². The second-order valence-electron chi connectivity index (χ2n) is 10.9. The number of rotatable bonds is 8. The Bertz CT molecular complexity index is 1640. The van der Waals surface area contributed by atoms with Gasteiger partial charge in [-0.15, -0.1) is 11.8 Å². The highest BCUT2D eigenvalue weighted by Gasteiger charge is 2.39. The molecule has 4 atom stereocenters. The van der Waals surface area contributed by atoms with Gasteiger partial charge in [0.05, 0.1) is 35.6 Å². The van der Waals surface area contributed by atoms with Gasteiger partial charge in [-0.25, -0.2) is 4.90 Å². The number of benzene rings is 4. The number of anilines is 2. The zero-order valence-electron chi connectivity index (χ0n) is 24.3. The molecule has 2 N–H and O–H groups in total. The van der Waals surface area contributed by atoms with Gasteiger partial charge in [0.1, 0.15) is 0 Å². The van der Waals surface area contributed by atoms with Crippen LogP contribution in [0.4, 0.5) is 11.4 Å². The SMILES string of the molecule is CC(=O)Nc1ccc(SC[C@H]2O[C@@H](c3ccc(N4C(=O)c5ccccc5C4=O)cc3)O[C@@H](c3ccc(CO)cc3)[C@H]2C)cc1. The predicted molar refractivity (Wildman–Crippen MR) is 168 cm³/mol. The van der Waals surface area contributed by atoms with E-state index < -0.39 is 6.29 Å². The summed E-state index contributed by atoms with van der Waals surface area (Å²) >= 11 is 1.66. The Kier molecular flexibility index (Phi) is 8.63. The van der Waals surface area contributed by atoms with E-state index >= 15 is 0 Å². The van der Waals surface area contributed by atoms with Crippen molar-refractivity contribution in [1.29, 1.82) is 0 Å². The van der Waals surface area contributed by atoms with Crippen LogP contribution in [0.5, 0.6) is 0 Å². The van der Waals surface area contributed by atoms with Crippen molar-refractivity contribution in [3.8, 4) is 0 Å². The quantitative estimate of drug-likeness (QED) is 0.173. The van der Waals surface area contributed by atoms with Crippen LogP contribution in [-0.4, -0.2) is 34.7 Å². The predicted octanol–water partition coefficient (Wildman–Crippen LogP) is 6.52. The standard InChI is InChI=1S/C35H32N2O6S/c1-21-31(20-44-28-17-13-26(14-18-28)36-22(2)39)42-35(43-32(21)24-9-7-23(19-38)8-10-24)25-11-15-27(16-12-25)37-33(40)29-5-3-4-6-30(29)34(37)41/h3-18,21,31-32,35,38H,19-20H2,1-2H3,(H,36,39)/t21-,31+,32+,35+/m0/s1. The first-order chi connectivity index (χ1) is 21.3. The number of amides is 3. The Morgan fingerprint density at radius 2 is 1.45 bits per heavy atom. The van der Waals surface area contributed by atoms with E-state index in [2.05, 4.69) is 12.2 Å². The summed E-state index contributed by atoms with van der Waals surface area (Å²) in [6, 6.07) is 29.4. The molecule has 0 saturated carbocycles. The van der Waals surface area contributed by atoms with Crippen molar-refractivity contribution in [2.75, 3.05) is 16.0 Å². The number of nitrogens with zero attached hydrogens (tertiary/aromatic N) is 1. The van der Waals surface area contributed by atoms with Gasteiger partial charge in [0.25, 0.3) is 11.8 Å². The first-order valence-corrected chi connectivity index (χ1v) is 15.4. The molecule has 0 aliphatic carbocycles. The zero-order chi connectivity index (χ0) is 30.8. The molecule has 2 aliphatic rings. The zero-order valence-corrected chi connectivity index (χ0v) is 25.1. The lowest BCUT2D eigenvalue weighted by molar-refractivity contribution is -0.268. The molecule has 8 nitrogen and oxygen atoms in total. The summed E-state index contributed by atoms with van der Waals surface area (Å²) in [6.45, 7) is 3.55. The van der Waals surface area contributed by atoms with Gasteiger partial charge in [0, 0.05) is 34.7 Å². The largest absolute Gasteiger partial charge is 0.392 e. The summed E-state index contributed by atoms with van der Waals surface area (Å²) in [4.78, 5) is 39.6. The molecule has 224 valence electrons. The molecule has 0 spiro atoms. The van der Waals surface area contributed by atoms with Gasteiger partial charge < -0.3 is 19.9 Å². The molecule has 1 saturated heterocycles. The highest BCUT2D eigenvalue weighted by Crippen LogP contribution is 2.43. The van der Waals surface area contributed by atoms with Gasteiger partial charge in [-0.05, 0) is 59.7 Å².